The minimum atomic E-state index is -0.547. The summed E-state index contributed by atoms with van der Waals surface area (Å²) in [5.74, 6) is -0.742. The number of para-hydroxylation sites is 2. The second-order valence-corrected chi connectivity index (χ2v) is 9.52. The van der Waals surface area contributed by atoms with Gasteiger partial charge in [0.2, 0.25) is 5.91 Å². The quantitative estimate of drug-likeness (QED) is 0.352. The van der Waals surface area contributed by atoms with Gasteiger partial charge in [-0.25, -0.2) is 0 Å². The van der Waals surface area contributed by atoms with Gasteiger partial charge < -0.3 is 5.32 Å². The smallest absolute Gasteiger partial charge is 0.269 e. The summed E-state index contributed by atoms with van der Waals surface area (Å²) in [5.41, 5.74) is 3.78. The molecule has 1 aliphatic heterocycles. The van der Waals surface area contributed by atoms with E-state index in [-0.39, 0.29) is 11.5 Å². The van der Waals surface area contributed by atoms with Crippen molar-refractivity contribution in [2.45, 2.75) is 25.5 Å². The number of aryl methyl sites for hydroxylation is 2. The molecule has 0 bridgehead atoms. The highest BCUT2D eigenvalue weighted by molar-refractivity contribution is 8.05. The van der Waals surface area contributed by atoms with E-state index in [2.05, 4.69) is 5.32 Å². The Morgan fingerprint density at radius 3 is 2.32 bits per heavy atom. The number of benzene rings is 3. The molecule has 0 aliphatic carbocycles. The number of hydrogen-bond acceptors (Lipinski definition) is 4. The molecule has 7 heteroatoms. The maximum absolute atomic E-state index is 13.5. The fraction of sp³-hybridized carbons (Fsp3) is 0.148. The van der Waals surface area contributed by atoms with Crippen molar-refractivity contribution in [3.63, 3.8) is 0 Å². The summed E-state index contributed by atoms with van der Waals surface area (Å²) in [6.45, 7) is 3.79. The van der Waals surface area contributed by atoms with Gasteiger partial charge in [-0.1, -0.05) is 78.0 Å². The second kappa shape index (κ2) is 10.2. The molecule has 4 rings (SSSR count). The van der Waals surface area contributed by atoms with Gasteiger partial charge in [0.15, 0.2) is 0 Å². The largest absolute Gasteiger partial charge is 0.321 e. The molecule has 1 fully saturated rings. The number of carbonyl (C=O) groups is 2. The van der Waals surface area contributed by atoms with Gasteiger partial charge >= 0.3 is 0 Å². The van der Waals surface area contributed by atoms with Gasteiger partial charge in [0.05, 0.1) is 5.25 Å². The first-order valence-electron chi connectivity index (χ1n) is 10.7. The summed E-state index contributed by atoms with van der Waals surface area (Å²) in [6.07, 6.45) is 0.382. The molecule has 2 amide bonds. The molecule has 3 aromatic rings. The Morgan fingerprint density at radius 2 is 1.68 bits per heavy atom. The normalized spacial score (nSPS) is 16.8. The lowest BCUT2D eigenvalue weighted by Gasteiger charge is -2.19. The molecule has 0 spiro atoms. The highest BCUT2D eigenvalue weighted by Gasteiger charge is 2.41. The van der Waals surface area contributed by atoms with E-state index in [1.165, 1.54) is 16.7 Å². The number of carbonyl (C=O) groups excluding carboxylic acids is 2. The number of anilines is 2. The number of amides is 2. The number of rotatable bonds is 5. The Bertz CT molecular complexity index is 1310. The van der Waals surface area contributed by atoms with Crippen LogP contribution in [-0.4, -0.2) is 17.1 Å². The lowest BCUT2D eigenvalue weighted by atomic mass is 10.1. The van der Waals surface area contributed by atoms with E-state index in [0.717, 1.165) is 16.7 Å². The molecule has 0 radical (unpaired) electrons. The molecule has 1 N–H and O–H groups in total. The average molecular weight is 488 g/mol. The third kappa shape index (κ3) is 4.72. The third-order valence-electron chi connectivity index (χ3n) is 5.60. The molecule has 1 saturated heterocycles. The number of nitriles is 1. The van der Waals surface area contributed by atoms with Crippen LogP contribution in [0.4, 0.5) is 11.4 Å². The lowest BCUT2D eigenvalue weighted by molar-refractivity contribution is -0.117. The first kappa shape index (κ1) is 23.6. The Labute approximate surface area is 208 Å². The zero-order valence-electron chi connectivity index (χ0n) is 18.7. The van der Waals surface area contributed by atoms with Crippen LogP contribution in [0.25, 0.3) is 0 Å². The Kier molecular flexibility index (Phi) is 7.06. The van der Waals surface area contributed by atoms with Crippen LogP contribution in [0.15, 0.2) is 83.4 Å². The SMILES string of the molecule is Cc1cccc(C)c1NC(=O)/C(C#N)=C1/S[C@@H](Cc2ccccc2Cl)C(=O)N1c1ccccc1. The van der Waals surface area contributed by atoms with Crippen molar-refractivity contribution in [2.75, 3.05) is 10.2 Å². The van der Waals surface area contributed by atoms with Crippen molar-refractivity contribution in [1.82, 2.24) is 0 Å². The van der Waals surface area contributed by atoms with E-state index in [0.29, 0.717) is 27.8 Å². The van der Waals surface area contributed by atoms with Crippen LogP contribution in [0.1, 0.15) is 16.7 Å². The molecule has 1 heterocycles. The summed E-state index contributed by atoms with van der Waals surface area (Å²) in [5, 5.41) is 13.3. The average Bonchev–Trinajstić information content (AvgIpc) is 3.14. The molecule has 3 aromatic carbocycles. The van der Waals surface area contributed by atoms with Gasteiger partial charge in [0, 0.05) is 16.4 Å². The summed E-state index contributed by atoms with van der Waals surface area (Å²) in [4.78, 5) is 28.3. The minimum Gasteiger partial charge on any atom is -0.321 e. The molecule has 1 atom stereocenters. The van der Waals surface area contributed by atoms with E-state index in [1.54, 1.807) is 18.2 Å². The van der Waals surface area contributed by atoms with Crippen molar-refractivity contribution in [1.29, 1.82) is 5.26 Å². The fourth-order valence-corrected chi connectivity index (χ4v) is 5.36. The maximum atomic E-state index is 13.5. The summed E-state index contributed by atoms with van der Waals surface area (Å²) in [7, 11) is 0. The first-order chi connectivity index (χ1) is 16.4. The van der Waals surface area contributed by atoms with Crippen molar-refractivity contribution in [3.05, 3.63) is 105 Å². The molecule has 1 aliphatic rings. The lowest BCUT2D eigenvalue weighted by Crippen LogP contribution is -2.31. The van der Waals surface area contributed by atoms with Crippen LogP contribution >= 0.6 is 23.4 Å². The Balaban J connectivity index is 1.75. The van der Waals surface area contributed by atoms with E-state index in [4.69, 9.17) is 11.6 Å². The van der Waals surface area contributed by atoms with Crippen molar-refractivity contribution >= 4 is 46.6 Å². The first-order valence-corrected chi connectivity index (χ1v) is 12.0. The number of thioether (sulfide) groups is 1. The molecular weight excluding hydrogens is 466 g/mol. The molecule has 5 nitrogen and oxygen atoms in total. The highest BCUT2D eigenvalue weighted by Crippen LogP contribution is 2.42. The van der Waals surface area contributed by atoms with E-state index < -0.39 is 11.2 Å². The minimum absolute atomic E-state index is 0.105. The summed E-state index contributed by atoms with van der Waals surface area (Å²) in [6, 6.07) is 24.2. The van der Waals surface area contributed by atoms with E-state index in [1.807, 2.05) is 74.5 Å². The van der Waals surface area contributed by atoms with Gasteiger partial charge in [-0.3, -0.25) is 14.5 Å². The number of hydrogen-bond donors (Lipinski definition) is 1. The molecule has 0 aromatic heterocycles. The molecule has 0 saturated carbocycles. The van der Waals surface area contributed by atoms with Gasteiger partial charge in [0.25, 0.3) is 5.91 Å². The van der Waals surface area contributed by atoms with Crippen LogP contribution < -0.4 is 10.2 Å². The van der Waals surface area contributed by atoms with Gasteiger partial charge in [0.1, 0.15) is 16.7 Å². The van der Waals surface area contributed by atoms with Gasteiger partial charge in [-0.15, -0.1) is 0 Å². The van der Waals surface area contributed by atoms with Gasteiger partial charge in [-0.05, 0) is 55.2 Å². The number of halogens is 1. The topological polar surface area (TPSA) is 73.2 Å². The zero-order valence-corrected chi connectivity index (χ0v) is 20.3. The predicted molar refractivity (Wildman–Crippen MR) is 138 cm³/mol. The van der Waals surface area contributed by atoms with Crippen LogP contribution in [-0.2, 0) is 16.0 Å². The van der Waals surface area contributed by atoms with E-state index >= 15 is 0 Å². The number of nitrogens with zero attached hydrogens (tertiary/aromatic N) is 2. The second-order valence-electron chi connectivity index (χ2n) is 7.92. The van der Waals surface area contributed by atoms with Crippen molar-refractivity contribution in [2.24, 2.45) is 0 Å². The van der Waals surface area contributed by atoms with Gasteiger partial charge in [-0.2, -0.15) is 5.26 Å². The Morgan fingerprint density at radius 1 is 1.03 bits per heavy atom. The Hall–Kier alpha value is -3.53. The summed E-state index contributed by atoms with van der Waals surface area (Å²) >= 11 is 7.56. The van der Waals surface area contributed by atoms with Crippen LogP contribution in [0, 0.1) is 25.2 Å². The molecule has 0 unspecified atom stereocenters. The predicted octanol–water partition coefficient (Wildman–Crippen LogP) is 6.02. The van der Waals surface area contributed by atoms with Crippen LogP contribution in [0.5, 0.6) is 0 Å². The monoisotopic (exact) mass is 487 g/mol. The maximum Gasteiger partial charge on any atom is 0.269 e. The summed E-state index contributed by atoms with van der Waals surface area (Å²) < 4.78 is 0. The fourth-order valence-electron chi connectivity index (χ4n) is 3.85. The zero-order chi connectivity index (χ0) is 24.2. The van der Waals surface area contributed by atoms with Crippen molar-refractivity contribution < 1.29 is 9.59 Å². The highest BCUT2D eigenvalue weighted by atomic mass is 35.5. The number of nitrogens with one attached hydrogen (secondary N) is 1. The molecule has 34 heavy (non-hydrogen) atoms. The van der Waals surface area contributed by atoms with E-state index in [9.17, 15) is 14.9 Å². The van der Waals surface area contributed by atoms with Crippen LogP contribution in [0.2, 0.25) is 5.02 Å². The third-order valence-corrected chi connectivity index (χ3v) is 7.23. The van der Waals surface area contributed by atoms with Crippen molar-refractivity contribution in [3.8, 4) is 6.07 Å². The standard InChI is InChI=1S/C27H22ClN3O2S/c1-17-9-8-10-18(2)24(17)30-25(32)21(16-29)27-31(20-12-4-3-5-13-20)26(33)23(34-27)15-19-11-6-7-14-22(19)28/h3-14,23H,15H2,1-2H3,(H,30,32)/b27-21+/t23-/m0/s1. The molecular formula is C27H22ClN3O2S. The van der Waals surface area contributed by atoms with Crippen LogP contribution in [0.3, 0.4) is 0 Å². The molecule has 170 valence electrons.